The smallest absolute Gasteiger partial charge is 0.265 e. The zero-order chi connectivity index (χ0) is 12.3. The van der Waals surface area contributed by atoms with Crippen molar-refractivity contribution in [3.05, 3.63) is 39.4 Å². The molecule has 7 heteroatoms. The van der Waals surface area contributed by atoms with Crippen molar-refractivity contribution >= 4 is 15.8 Å². The van der Waals surface area contributed by atoms with Crippen LogP contribution < -0.4 is 0 Å². The molecule has 0 radical (unpaired) electrons. The molecule has 6 nitrogen and oxygen atoms in total. The van der Waals surface area contributed by atoms with Crippen molar-refractivity contribution in [2.75, 3.05) is 6.26 Å². The number of non-ortho nitro benzene ring substituents is 1. The molecular weight excluding hydrogens is 234 g/mol. The van der Waals surface area contributed by atoms with E-state index in [9.17, 15) is 18.5 Å². The molecule has 1 aromatic carbocycles. The molecule has 0 bridgehead atoms. The lowest BCUT2D eigenvalue weighted by Gasteiger charge is -2.03. The van der Waals surface area contributed by atoms with Crippen molar-refractivity contribution in [3.63, 3.8) is 0 Å². The molecule has 0 heterocycles. The van der Waals surface area contributed by atoms with Crippen LogP contribution in [0.15, 0.2) is 18.2 Å². The van der Waals surface area contributed by atoms with Crippen LogP contribution in [0.5, 0.6) is 0 Å². The van der Waals surface area contributed by atoms with Gasteiger partial charge in [-0.3, -0.25) is 14.3 Å². The molecule has 0 saturated carbocycles. The lowest BCUT2D eigenvalue weighted by Crippen LogP contribution is -2.03. The Balaban J connectivity index is 2.93. The Labute approximate surface area is 93.1 Å². The Morgan fingerprint density at radius 2 is 2.00 bits per heavy atom. The monoisotopic (exact) mass is 245 g/mol. The van der Waals surface area contributed by atoms with Crippen LogP contribution in [0.25, 0.3) is 0 Å². The molecule has 0 N–H and O–H groups in total. The van der Waals surface area contributed by atoms with Gasteiger partial charge in [0.05, 0.1) is 17.8 Å². The first-order valence-electron chi connectivity index (χ1n) is 4.37. The first-order valence-corrected chi connectivity index (χ1v) is 6.19. The molecule has 0 amide bonds. The van der Waals surface area contributed by atoms with Gasteiger partial charge in [-0.15, -0.1) is 0 Å². The molecule has 0 aromatic heterocycles. The predicted octanol–water partition coefficient (Wildman–Crippen LogP) is 1.38. The van der Waals surface area contributed by atoms with Gasteiger partial charge in [-0.1, -0.05) is 6.07 Å². The number of nitro benzene ring substituents is 1. The van der Waals surface area contributed by atoms with Crippen molar-refractivity contribution in [1.29, 1.82) is 0 Å². The van der Waals surface area contributed by atoms with Crippen LogP contribution in [0, 0.1) is 17.0 Å². The summed E-state index contributed by atoms with van der Waals surface area (Å²) in [7, 11) is -3.54. The van der Waals surface area contributed by atoms with E-state index in [1.54, 1.807) is 13.0 Å². The second-order valence-electron chi connectivity index (χ2n) is 3.40. The quantitative estimate of drug-likeness (QED) is 0.454. The number of rotatable bonds is 4. The molecule has 1 aromatic rings. The molecule has 0 aliphatic heterocycles. The van der Waals surface area contributed by atoms with Crippen LogP contribution in [-0.2, 0) is 20.9 Å². The highest BCUT2D eigenvalue weighted by Crippen LogP contribution is 2.17. The maximum absolute atomic E-state index is 10.8. The average molecular weight is 245 g/mol. The highest BCUT2D eigenvalue weighted by molar-refractivity contribution is 7.85. The molecule has 16 heavy (non-hydrogen) atoms. The minimum Gasteiger partial charge on any atom is -0.265 e. The number of aryl methyl sites for hydroxylation is 1. The Morgan fingerprint density at radius 1 is 1.38 bits per heavy atom. The number of hydrogen-bond donors (Lipinski definition) is 0. The maximum atomic E-state index is 10.8. The maximum Gasteiger partial charge on any atom is 0.270 e. The minimum absolute atomic E-state index is 0.0768. The lowest BCUT2D eigenvalue weighted by molar-refractivity contribution is -0.385. The molecular formula is C9H11NO5S. The molecule has 0 fully saturated rings. The first-order chi connectivity index (χ1) is 7.28. The van der Waals surface area contributed by atoms with E-state index in [0.29, 0.717) is 11.1 Å². The molecule has 0 spiro atoms. The van der Waals surface area contributed by atoms with Crippen LogP contribution in [0.4, 0.5) is 5.69 Å². The van der Waals surface area contributed by atoms with Crippen LogP contribution in [0.3, 0.4) is 0 Å². The van der Waals surface area contributed by atoms with Crippen molar-refractivity contribution in [3.8, 4) is 0 Å². The third kappa shape index (κ3) is 3.95. The van der Waals surface area contributed by atoms with Gasteiger partial charge in [-0.05, 0) is 18.1 Å². The first kappa shape index (κ1) is 12.6. The van der Waals surface area contributed by atoms with Crippen LogP contribution >= 0.6 is 0 Å². The highest BCUT2D eigenvalue weighted by atomic mass is 32.2. The molecule has 0 aliphatic rings. The van der Waals surface area contributed by atoms with E-state index in [1.165, 1.54) is 12.1 Å². The second-order valence-corrected chi connectivity index (χ2v) is 5.04. The molecule has 0 atom stereocenters. The standard InChI is InChI=1S/C9H11NO5S/c1-7-3-8(6-15-16(2,13)14)5-9(4-7)10(11)12/h3-5H,6H2,1-2H3. The van der Waals surface area contributed by atoms with E-state index in [-0.39, 0.29) is 12.3 Å². The van der Waals surface area contributed by atoms with Gasteiger partial charge in [0, 0.05) is 12.1 Å². The summed E-state index contributed by atoms with van der Waals surface area (Å²) in [4.78, 5) is 10.0. The van der Waals surface area contributed by atoms with Gasteiger partial charge in [0.15, 0.2) is 0 Å². The number of hydrogen-bond acceptors (Lipinski definition) is 5. The Kier molecular flexibility index (Phi) is 3.61. The fourth-order valence-electron chi connectivity index (χ4n) is 1.20. The Hall–Kier alpha value is -1.47. The number of nitrogens with zero attached hydrogens (tertiary/aromatic N) is 1. The SMILES string of the molecule is Cc1cc(COS(C)(=O)=O)cc([N+](=O)[O-])c1. The number of nitro groups is 1. The van der Waals surface area contributed by atoms with E-state index < -0.39 is 15.0 Å². The molecule has 0 unspecified atom stereocenters. The molecule has 88 valence electrons. The summed E-state index contributed by atoms with van der Waals surface area (Å²) in [5.74, 6) is 0. The topological polar surface area (TPSA) is 86.5 Å². The Morgan fingerprint density at radius 3 is 2.50 bits per heavy atom. The average Bonchev–Trinajstić information content (AvgIpc) is 2.13. The third-order valence-electron chi connectivity index (χ3n) is 1.77. The van der Waals surface area contributed by atoms with Gasteiger partial charge in [0.1, 0.15) is 0 Å². The summed E-state index contributed by atoms with van der Waals surface area (Å²) in [5.41, 5.74) is 1.06. The highest BCUT2D eigenvalue weighted by Gasteiger charge is 2.09. The minimum atomic E-state index is -3.54. The largest absolute Gasteiger partial charge is 0.270 e. The lowest BCUT2D eigenvalue weighted by atomic mass is 10.1. The van der Waals surface area contributed by atoms with E-state index in [2.05, 4.69) is 4.18 Å². The van der Waals surface area contributed by atoms with E-state index in [1.807, 2.05) is 0 Å². The zero-order valence-electron chi connectivity index (χ0n) is 8.84. The fourth-order valence-corrected chi connectivity index (χ4v) is 1.55. The van der Waals surface area contributed by atoms with Gasteiger partial charge in [0.25, 0.3) is 15.8 Å². The van der Waals surface area contributed by atoms with Gasteiger partial charge < -0.3 is 0 Å². The van der Waals surface area contributed by atoms with Gasteiger partial charge >= 0.3 is 0 Å². The van der Waals surface area contributed by atoms with Crippen LogP contribution in [0.1, 0.15) is 11.1 Å². The second kappa shape index (κ2) is 4.58. The zero-order valence-corrected chi connectivity index (χ0v) is 9.65. The molecule has 0 aliphatic carbocycles. The summed E-state index contributed by atoms with van der Waals surface area (Å²) in [6.45, 7) is 1.50. The van der Waals surface area contributed by atoms with Crippen molar-refractivity contribution < 1.29 is 17.5 Å². The predicted molar refractivity (Wildman–Crippen MR) is 57.5 cm³/mol. The molecule has 0 saturated heterocycles. The molecule has 1 rings (SSSR count). The van der Waals surface area contributed by atoms with E-state index >= 15 is 0 Å². The fraction of sp³-hybridized carbons (Fsp3) is 0.333. The van der Waals surface area contributed by atoms with Crippen LogP contribution in [-0.4, -0.2) is 19.6 Å². The van der Waals surface area contributed by atoms with Gasteiger partial charge in [-0.2, -0.15) is 8.42 Å². The van der Waals surface area contributed by atoms with E-state index in [4.69, 9.17) is 0 Å². The Bertz CT molecular complexity index is 509. The summed E-state index contributed by atoms with van der Waals surface area (Å²) in [6.07, 6.45) is 0.928. The van der Waals surface area contributed by atoms with Crippen molar-refractivity contribution in [2.45, 2.75) is 13.5 Å². The van der Waals surface area contributed by atoms with Crippen molar-refractivity contribution in [2.24, 2.45) is 0 Å². The summed E-state index contributed by atoms with van der Waals surface area (Å²) < 4.78 is 26.1. The van der Waals surface area contributed by atoms with Gasteiger partial charge in [-0.25, -0.2) is 0 Å². The number of benzene rings is 1. The third-order valence-corrected chi connectivity index (χ3v) is 2.32. The summed E-state index contributed by atoms with van der Waals surface area (Å²) in [5, 5.41) is 10.6. The summed E-state index contributed by atoms with van der Waals surface area (Å²) >= 11 is 0. The van der Waals surface area contributed by atoms with E-state index in [0.717, 1.165) is 6.26 Å². The van der Waals surface area contributed by atoms with Crippen molar-refractivity contribution in [1.82, 2.24) is 0 Å². The van der Waals surface area contributed by atoms with Gasteiger partial charge in [0.2, 0.25) is 0 Å². The normalized spacial score (nSPS) is 11.4. The van der Waals surface area contributed by atoms with Crippen LogP contribution in [0.2, 0.25) is 0 Å². The summed E-state index contributed by atoms with van der Waals surface area (Å²) in [6, 6.07) is 4.33.